The number of aryl methyl sites for hydroxylation is 2. The van der Waals surface area contributed by atoms with E-state index in [-0.39, 0.29) is 6.10 Å². The Morgan fingerprint density at radius 2 is 1.72 bits per heavy atom. The Balaban J connectivity index is 2.15. The highest BCUT2D eigenvalue weighted by Gasteiger charge is 2.33. The maximum Gasteiger partial charge on any atom is 0.124 e. The van der Waals surface area contributed by atoms with Crippen molar-refractivity contribution in [1.29, 1.82) is 0 Å². The molecule has 0 aliphatic carbocycles. The van der Waals surface area contributed by atoms with Crippen molar-refractivity contribution < 1.29 is 4.74 Å². The van der Waals surface area contributed by atoms with Crippen LogP contribution in [0, 0.1) is 13.8 Å². The van der Waals surface area contributed by atoms with Crippen molar-refractivity contribution in [3.05, 3.63) is 64.7 Å². The first-order valence-corrected chi connectivity index (χ1v) is 6.49. The molecule has 18 heavy (non-hydrogen) atoms. The van der Waals surface area contributed by atoms with E-state index >= 15 is 0 Å². The summed E-state index contributed by atoms with van der Waals surface area (Å²) < 4.78 is 6.04. The van der Waals surface area contributed by atoms with E-state index in [2.05, 4.69) is 63.2 Å². The monoisotopic (exact) mass is 238 g/mol. The van der Waals surface area contributed by atoms with E-state index in [0.717, 1.165) is 5.75 Å². The molecule has 92 valence electrons. The molecule has 1 aliphatic rings. The van der Waals surface area contributed by atoms with Crippen LogP contribution in [0.15, 0.2) is 42.5 Å². The molecule has 1 aliphatic heterocycles. The molecule has 0 unspecified atom stereocenters. The molecule has 2 aromatic carbocycles. The van der Waals surface area contributed by atoms with Crippen molar-refractivity contribution in [2.45, 2.75) is 32.8 Å². The largest absolute Gasteiger partial charge is 0.489 e. The minimum atomic E-state index is 0.211. The van der Waals surface area contributed by atoms with Crippen LogP contribution in [0.5, 0.6) is 5.75 Å². The normalized spacial score (nSPS) is 21.5. The zero-order valence-electron chi connectivity index (χ0n) is 11.1. The molecule has 0 saturated carbocycles. The van der Waals surface area contributed by atoms with Crippen LogP contribution in [0.3, 0.4) is 0 Å². The van der Waals surface area contributed by atoms with Crippen LogP contribution in [0.2, 0.25) is 0 Å². The standard InChI is InChI=1S/C17H18O/c1-11-9-12(2)16-15(10-11)18-13(3)17(16)14-7-5-4-6-8-14/h4-10,13,17H,1-3H3/t13-,17-/m1/s1. The third kappa shape index (κ3) is 1.71. The average Bonchev–Trinajstić information content (AvgIpc) is 2.66. The fourth-order valence-corrected chi connectivity index (χ4v) is 3.04. The lowest BCUT2D eigenvalue weighted by molar-refractivity contribution is 0.239. The summed E-state index contributed by atoms with van der Waals surface area (Å²) in [4.78, 5) is 0. The van der Waals surface area contributed by atoms with Gasteiger partial charge in [0.25, 0.3) is 0 Å². The minimum absolute atomic E-state index is 0.211. The number of benzene rings is 2. The molecular weight excluding hydrogens is 220 g/mol. The molecule has 0 radical (unpaired) electrons. The Hall–Kier alpha value is -1.76. The lowest BCUT2D eigenvalue weighted by Crippen LogP contribution is -2.15. The van der Waals surface area contributed by atoms with Gasteiger partial charge >= 0.3 is 0 Å². The van der Waals surface area contributed by atoms with Crippen LogP contribution < -0.4 is 4.74 Å². The zero-order chi connectivity index (χ0) is 12.7. The van der Waals surface area contributed by atoms with Gasteiger partial charge in [-0.15, -0.1) is 0 Å². The van der Waals surface area contributed by atoms with Gasteiger partial charge in [0.1, 0.15) is 11.9 Å². The maximum atomic E-state index is 6.04. The Labute approximate surface area is 108 Å². The van der Waals surface area contributed by atoms with Crippen LogP contribution in [0.1, 0.15) is 35.1 Å². The molecule has 3 rings (SSSR count). The number of hydrogen-bond acceptors (Lipinski definition) is 1. The SMILES string of the molecule is Cc1cc(C)c2c(c1)O[C@H](C)[C@@H]2c1ccccc1. The topological polar surface area (TPSA) is 9.23 Å². The highest BCUT2D eigenvalue weighted by Crippen LogP contribution is 2.44. The van der Waals surface area contributed by atoms with Gasteiger partial charge < -0.3 is 4.74 Å². The van der Waals surface area contributed by atoms with Crippen molar-refractivity contribution in [3.8, 4) is 5.75 Å². The first kappa shape index (κ1) is 11.3. The van der Waals surface area contributed by atoms with E-state index in [1.807, 2.05) is 0 Å². The summed E-state index contributed by atoms with van der Waals surface area (Å²) in [5.41, 5.74) is 5.31. The van der Waals surface area contributed by atoms with Crippen molar-refractivity contribution in [1.82, 2.24) is 0 Å². The second kappa shape index (κ2) is 4.16. The van der Waals surface area contributed by atoms with Crippen molar-refractivity contribution in [2.24, 2.45) is 0 Å². The van der Waals surface area contributed by atoms with E-state index < -0.39 is 0 Å². The van der Waals surface area contributed by atoms with Crippen LogP contribution in [0.25, 0.3) is 0 Å². The first-order valence-electron chi connectivity index (χ1n) is 6.49. The molecule has 1 nitrogen and oxygen atoms in total. The Kier molecular flexibility index (Phi) is 2.62. The third-order valence-electron chi connectivity index (χ3n) is 3.75. The molecule has 2 atom stereocenters. The van der Waals surface area contributed by atoms with E-state index in [9.17, 15) is 0 Å². The lowest BCUT2D eigenvalue weighted by atomic mass is 9.86. The molecule has 0 amide bonds. The highest BCUT2D eigenvalue weighted by molar-refractivity contribution is 5.52. The van der Waals surface area contributed by atoms with Crippen molar-refractivity contribution in [3.63, 3.8) is 0 Å². The average molecular weight is 238 g/mol. The Morgan fingerprint density at radius 3 is 2.44 bits per heavy atom. The molecule has 0 N–H and O–H groups in total. The minimum Gasteiger partial charge on any atom is -0.489 e. The van der Waals surface area contributed by atoms with Gasteiger partial charge in [0.15, 0.2) is 0 Å². The van der Waals surface area contributed by atoms with E-state index in [1.165, 1.54) is 22.3 Å². The smallest absolute Gasteiger partial charge is 0.124 e. The van der Waals surface area contributed by atoms with Gasteiger partial charge in [-0.25, -0.2) is 0 Å². The zero-order valence-corrected chi connectivity index (χ0v) is 11.1. The molecule has 2 aromatic rings. The predicted molar refractivity (Wildman–Crippen MR) is 74.3 cm³/mol. The van der Waals surface area contributed by atoms with Crippen LogP contribution in [0.4, 0.5) is 0 Å². The van der Waals surface area contributed by atoms with E-state index in [0.29, 0.717) is 5.92 Å². The number of hydrogen-bond donors (Lipinski definition) is 0. The van der Waals surface area contributed by atoms with Gasteiger partial charge in [-0.05, 0) is 43.5 Å². The Morgan fingerprint density at radius 1 is 1.00 bits per heavy atom. The molecular formula is C17H18O. The Bertz CT molecular complexity index is 572. The van der Waals surface area contributed by atoms with Crippen LogP contribution in [-0.2, 0) is 0 Å². The quantitative estimate of drug-likeness (QED) is 0.723. The summed E-state index contributed by atoms with van der Waals surface area (Å²) in [6.07, 6.45) is 0.211. The number of ether oxygens (including phenoxy) is 1. The van der Waals surface area contributed by atoms with Gasteiger partial charge in [-0.2, -0.15) is 0 Å². The fraction of sp³-hybridized carbons (Fsp3) is 0.294. The summed E-state index contributed by atoms with van der Waals surface area (Å²) in [6, 6.07) is 15.1. The molecule has 0 saturated heterocycles. The summed E-state index contributed by atoms with van der Waals surface area (Å²) in [5, 5.41) is 0. The van der Waals surface area contributed by atoms with Gasteiger partial charge in [0.2, 0.25) is 0 Å². The van der Waals surface area contributed by atoms with Gasteiger partial charge in [0, 0.05) is 11.5 Å². The second-order valence-corrected chi connectivity index (χ2v) is 5.20. The summed E-state index contributed by atoms with van der Waals surface area (Å²) >= 11 is 0. The van der Waals surface area contributed by atoms with Gasteiger partial charge in [0.05, 0.1) is 0 Å². The fourth-order valence-electron chi connectivity index (χ4n) is 3.04. The van der Waals surface area contributed by atoms with Crippen molar-refractivity contribution >= 4 is 0 Å². The predicted octanol–water partition coefficient (Wildman–Crippen LogP) is 4.22. The molecule has 0 spiro atoms. The third-order valence-corrected chi connectivity index (χ3v) is 3.75. The lowest BCUT2D eigenvalue weighted by Gasteiger charge is -2.16. The summed E-state index contributed by atoms with van der Waals surface area (Å²) in [6.45, 7) is 6.47. The molecule has 0 bridgehead atoms. The van der Waals surface area contributed by atoms with Crippen LogP contribution in [-0.4, -0.2) is 6.10 Å². The maximum absolute atomic E-state index is 6.04. The molecule has 1 heteroatoms. The number of fused-ring (bicyclic) bond motifs is 1. The summed E-state index contributed by atoms with van der Waals surface area (Å²) in [5.74, 6) is 1.43. The second-order valence-electron chi connectivity index (χ2n) is 5.20. The van der Waals surface area contributed by atoms with Gasteiger partial charge in [-0.3, -0.25) is 0 Å². The first-order chi connectivity index (χ1) is 8.66. The summed E-state index contributed by atoms with van der Waals surface area (Å²) in [7, 11) is 0. The van der Waals surface area contributed by atoms with Crippen molar-refractivity contribution in [2.75, 3.05) is 0 Å². The van der Waals surface area contributed by atoms with Crippen LogP contribution >= 0.6 is 0 Å². The molecule has 0 aromatic heterocycles. The van der Waals surface area contributed by atoms with E-state index in [1.54, 1.807) is 0 Å². The highest BCUT2D eigenvalue weighted by atomic mass is 16.5. The number of rotatable bonds is 1. The van der Waals surface area contributed by atoms with E-state index in [4.69, 9.17) is 4.74 Å². The molecule has 0 fully saturated rings. The molecule has 1 heterocycles. The van der Waals surface area contributed by atoms with Gasteiger partial charge in [-0.1, -0.05) is 36.4 Å².